The van der Waals surface area contributed by atoms with Crippen molar-refractivity contribution in [2.45, 2.75) is 0 Å². The lowest BCUT2D eigenvalue weighted by molar-refractivity contribution is 0.0953. The summed E-state index contributed by atoms with van der Waals surface area (Å²) in [5.74, 6) is -0.135. The summed E-state index contributed by atoms with van der Waals surface area (Å²) in [4.78, 5) is 24.2. The van der Waals surface area contributed by atoms with Crippen LogP contribution >= 0.6 is 0 Å². The summed E-state index contributed by atoms with van der Waals surface area (Å²) >= 11 is 0. The molecule has 0 saturated heterocycles. The molecule has 0 bridgehead atoms. The molecular formula is C12H17N3O2. The zero-order chi connectivity index (χ0) is 12.7. The van der Waals surface area contributed by atoms with Crippen LogP contribution in [0, 0.1) is 0 Å². The quantitative estimate of drug-likeness (QED) is 0.754. The van der Waals surface area contributed by atoms with Crippen molar-refractivity contribution in [2.75, 3.05) is 27.2 Å². The Morgan fingerprint density at radius 1 is 1.06 bits per heavy atom. The third kappa shape index (κ3) is 4.55. The van der Waals surface area contributed by atoms with E-state index in [0.717, 1.165) is 0 Å². The number of nitrogens with zero attached hydrogens (tertiary/aromatic N) is 1. The molecule has 0 atom stereocenters. The molecule has 0 aliphatic carbocycles. The average molecular weight is 235 g/mol. The number of rotatable bonds is 4. The van der Waals surface area contributed by atoms with Crippen molar-refractivity contribution in [3.05, 3.63) is 35.9 Å². The second-order valence-electron chi connectivity index (χ2n) is 3.75. The molecule has 0 unspecified atom stereocenters. The number of carbonyl (C=O) groups excluding carboxylic acids is 2. The summed E-state index contributed by atoms with van der Waals surface area (Å²) < 4.78 is 0. The predicted octanol–water partition coefficient (Wildman–Crippen LogP) is 0.688. The second-order valence-corrected chi connectivity index (χ2v) is 3.75. The minimum absolute atomic E-state index is 0.135. The van der Waals surface area contributed by atoms with Crippen LogP contribution in [0.15, 0.2) is 30.3 Å². The third-order valence-corrected chi connectivity index (χ3v) is 2.13. The molecule has 0 aliphatic rings. The molecule has 1 rings (SSSR count). The van der Waals surface area contributed by atoms with Gasteiger partial charge in [0.25, 0.3) is 5.91 Å². The van der Waals surface area contributed by atoms with Gasteiger partial charge in [-0.3, -0.25) is 4.79 Å². The summed E-state index contributed by atoms with van der Waals surface area (Å²) in [6.07, 6.45) is 0. The van der Waals surface area contributed by atoms with Crippen LogP contribution in [0.1, 0.15) is 10.4 Å². The average Bonchev–Trinajstić information content (AvgIpc) is 2.35. The molecule has 0 fully saturated rings. The van der Waals surface area contributed by atoms with E-state index in [-0.39, 0.29) is 11.9 Å². The maximum atomic E-state index is 11.6. The van der Waals surface area contributed by atoms with Gasteiger partial charge in [-0.2, -0.15) is 0 Å². The molecule has 5 heteroatoms. The van der Waals surface area contributed by atoms with E-state index in [2.05, 4.69) is 10.6 Å². The van der Waals surface area contributed by atoms with Crippen molar-refractivity contribution in [1.29, 1.82) is 0 Å². The van der Waals surface area contributed by atoms with Gasteiger partial charge in [0.2, 0.25) is 0 Å². The molecule has 3 amide bonds. The largest absolute Gasteiger partial charge is 0.350 e. The van der Waals surface area contributed by atoms with Crippen LogP contribution in [0.25, 0.3) is 0 Å². The van der Waals surface area contributed by atoms with Crippen molar-refractivity contribution in [3.8, 4) is 0 Å². The number of benzene rings is 1. The SMILES string of the molecule is CN(C)C(=O)NCCNC(=O)c1ccccc1. The first-order valence-electron chi connectivity index (χ1n) is 5.39. The maximum absolute atomic E-state index is 11.6. The van der Waals surface area contributed by atoms with Crippen LogP contribution in [-0.2, 0) is 0 Å². The zero-order valence-electron chi connectivity index (χ0n) is 10.1. The van der Waals surface area contributed by atoms with Crippen LogP contribution in [0.3, 0.4) is 0 Å². The fourth-order valence-electron chi connectivity index (χ4n) is 1.20. The van der Waals surface area contributed by atoms with Gasteiger partial charge in [-0.25, -0.2) is 4.79 Å². The van der Waals surface area contributed by atoms with E-state index in [1.807, 2.05) is 18.2 Å². The minimum atomic E-state index is -0.168. The van der Waals surface area contributed by atoms with Gasteiger partial charge in [0, 0.05) is 32.7 Å². The smallest absolute Gasteiger partial charge is 0.316 e. The Labute approximate surface area is 101 Å². The van der Waals surface area contributed by atoms with Gasteiger partial charge in [0.05, 0.1) is 0 Å². The molecule has 92 valence electrons. The third-order valence-electron chi connectivity index (χ3n) is 2.13. The highest BCUT2D eigenvalue weighted by Crippen LogP contribution is 1.96. The van der Waals surface area contributed by atoms with E-state index >= 15 is 0 Å². The highest BCUT2D eigenvalue weighted by Gasteiger charge is 2.04. The number of hydrogen-bond acceptors (Lipinski definition) is 2. The molecule has 0 aliphatic heterocycles. The lowest BCUT2D eigenvalue weighted by Crippen LogP contribution is -2.39. The molecule has 0 aromatic heterocycles. The van der Waals surface area contributed by atoms with Crippen LogP contribution < -0.4 is 10.6 Å². The lowest BCUT2D eigenvalue weighted by atomic mass is 10.2. The Morgan fingerprint density at radius 2 is 1.65 bits per heavy atom. The second kappa shape index (κ2) is 6.52. The number of hydrogen-bond donors (Lipinski definition) is 2. The van der Waals surface area contributed by atoms with E-state index in [0.29, 0.717) is 18.7 Å². The number of nitrogens with one attached hydrogen (secondary N) is 2. The zero-order valence-corrected chi connectivity index (χ0v) is 10.1. The van der Waals surface area contributed by atoms with Crippen LogP contribution in [0.4, 0.5) is 4.79 Å². The van der Waals surface area contributed by atoms with Gasteiger partial charge >= 0.3 is 6.03 Å². The summed E-state index contributed by atoms with van der Waals surface area (Å²) in [7, 11) is 3.33. The molecule has 0 spiro atoms. The fraction of sp³-hybridized carbons (Fsp3) is 0.333. The lowest BCUT2D eigenvalue weighted by Gasteiger charge is -2.12. The monoisotopic (exact) mass is 235 g/mol. The number of amides is 3. The van der Waals surface area contributed by atoms with Gasteiger partial charge in [0.1, 0.15) is 0 Å². The molecule has 1 aromatic rings. The van der Waals surface area contributed by atoms with Crippen molar-refractivity contribution < 1.29 is 9.59 Å². The summed E-state index contributed by atoms with van der Waals surface area (Å²) in [6.45, 7) is 0.822. The first-order valence-corrected chi connectivity index (χ1v) is 5.39. The maximum Gasteiger partial charge on any atom is 0.316 e. The topological polar surface area (TPSA) is 61.4 Å². The Bertz CT molecular complexity index is 377. The molecule has 2 N–H and O–H groups in total. The van der Waals surface area contributed by atoms with Gasteiger partial charge in [0.15, 0.2) is 0 Å². The standard InChI is InChI=1S/C12H17N3O2/c1-15(2)12(17)14-9-8-13-11(16)10-6-4-3-5-7-10/h3-7H,8-9H2,1-2H3,(H,13,16)(H,14,17). The van der Waals surface area contributed by atoms with Crippen LogP contribution in [0.2, 0.25) is 0 Å². The number of urea groups is 1. The van der Waals surface area contributed by atoms with Crippen LogP contribution in [0.5, 0.6) is 0 Å². The highest BCUT2D eigenvalue weighted by atomic mass is 16.2. The Morgan fingerprint density at radius 3 is 2.24 bits per heavy atom. The predicted molar refractivity (Wildman–Crippen MR) is 65.9 cm³/mol. The van der Waals surface area contributed by atoms with Crippen molar-refractivity contribution in [3.63, 3.8) is 0 Å². The van der Waals surface area contributed by atoms with E-state index in [1.165, 1.54) is 4.90 Å². The summed E-state index contributed by atoms with van der Waals surface area (Å²) in [5.41, 5.74) is 0.617. The summed E-state index contributed by atoms with van der Waals surface area (Å²) in [5, 5.41) is 5.38. The molecule has 1 aromatic carbocycles. The molecule has 17 heavy (non-hydrogen) atoms. The summed E-state index contributed by atoms with van der Waals surface area (Å²) in [6, 6.07) is 8.79. The van der Waals surface area contributed by atoms with Crippen LogP contribution in [-0.4, -0.2) is 44.0 Å². The fourth-order valence-corrected chi connectivity index (χ4v) is 1.20. The Kier molecular flexibility index (Phi) is 5.00. The van der Waals surface area contributed by atoms with Gasteiger partial charge in [-0.05, 0) is 12.1 Å². The van der Waals surface area contributed by atoms with E-state index in [1.54, 1.807) is 26.2 Å². The van der Waals surface area contributed by atoms with E-state index in [4.69, 9.17) is 0 Å². The van der Waals surface area contributed by atoms with Crippen molar-refractivity contribution in [1.82, 2.24) is 15.5 Å². The van der Waals surface area contributed by atoms with Gasteiger partial charge < -0.3 is 15.5 Å². The molecular weight excluding hydrogens is 218 g/mol. The van der Waals surface area contributed by atoms with Crippen molar-refractivity contribution >= 4 is 11.9 Å². The number of carbonyl (C=O) groups is 2. The van der Waals surface area contributed by atoms with E-state index < -0.39 is 0 Å². The Balaban J connectivity index is 2.24. The molecule has 0 heterocycles. The highest BCUT2D eigenvalue weighted by molar-refractivity contribution is 5.94. The normalized spacial score (nSPS) is 9.53. The first-order chi connectivity index (χ1) is 8.11. The minimum Gasteiger partial charge on any atom is -0.350 e. The van der Waals surface area contributed by atoms with Crippen molar-refractivity contribution in [2.24, 2.45) is 0 Å². The van der Waals surface area contributed by atoms with E-state index in [9.17, 15) is 9.59 Å². The molecule has 5 nitrogen and oxygen atoms in total. The molecule has 0 saturated carbocycles. The van der Waals surface area contributed by atoms with Gasteiger partial charge in [-0.15, -0.1) is 0 Å². The Hall–Kier alpha value is -2.04. The first kappa shape index (κ1) is 13.0. The van der Waals surface area contributed by atoms with Gasteiger partial charge in [-0.1, -0.05) is 18.2 Å². The molecule has 0 radical (unpaired) electrons.